The Morgan fingerprint density at radius 1 is 1.30 bits per heavy atom. The number of amides is 1. The van der Waals surface area contributed by atoms with Gasteiger partial charge in [0.2, 0.25) is 0 Å². The van der Waals surface area contributed by atoms with Gasteiger partial charge in [0.15, 0.2) is 5.96 Å². The van der Waals surface area contributed by atoms with Crippen molar-refractivity contribution in [2.45, 2.75) is 70.3 Å². The molecule has 0 bridgehead atoms. The van der Waals surface area contributed by atoms with Gasteiger partial charge in [-0.3, -0.25) is 4.99 Å². The van der Waals surface area contributed by atoms with Crippen molar-refractivity contribution < 1.29 is 14.3 Å². The van der Waals surface area contributed by atoms with E-state index >= 15 is 0 Å². The number of alkyl carbamates (subject to hydrolysis) is 1. The molecule has 1 amide bonds. The highest BCUT2D eigenvalue weighted by Crippen LogP contribution is 2.33. The lowest BCUT2D eigenvalue weighted by Gasteiger charge is -2.37. The van der Waals surface area contributed by atoms with Gasteiger partial charge in [0.25, 0.3) is 0 Å². The van der Waals surface area contributed by atoms with Crippen LogP contribution in [-0.4, -0.2) is 80.0 Å². The summed E-state index contributed by atoms with van der Waals surface area (Å²) in [5.41, 5.74) is -0.494. The summed E-state index contributed by atoms with van der Waals surface area (Å²) in [7, 11) is 3.85. The van der Waals surface area contributed by atoms with Gasteiger partial charge < -0.3 is 25.0 Å². The summed E-state index contributed by atoms with van der Waals surface area (Å²) in [6, 6.07) is 0.0402. The molecule has 178 valence electrons. The van der Waals surface area contributed by atoms with Crippen molar-refractivity contribution in [3.8, 4) is 0 Å². The topological polar surface area (TPSA) is 75.2 Å². The van der Waals surface area contributed by atoms with E-state index in [2.05, 4.69) is 40.6 Å². The van der Waals surface area contributed by atoms with E-state index in [1.165, 1.54) is 0 Å². The summed E-state index contributed by atoms with van der Waals surface area (Å²) < 4.78 is 11.1. The van der Waals surface area contributed by atoms with Crippen molar-refractivity contribution in [2.24, 2.45) is 10.9 Å². The van der Waals surface area contributed by atoms with E-state index in [1.54, 1.807) is 0 Å². The van der Waals surface area contributed by atoms with Crippen molar-refractivity contribution in [2.75, 3.05) is 46.7 Å². The highest BCUT2D eigenvalue weighted by atomic mass is 127. The van der Waals surface area contributed by atoms with Crippen LogP contribution in [0.3, 0.4) is 0 Å². The maximum atomic E-state index is 12.2. The molecule has 0 aromatic heterocycles. The minimum Gasteiger partial charge on any atom is -0.444 e. The predicted molar refractivity (Wildman–Crippen MR) is 138 cm³/mol. The molecule has 1 fully saturated rings. The standard InChI is InChI=1S/C21H42N4O3S.HI/c1-16(2)17(24-19(26)28-20(3,4)5)9-12-25(7)18(22-6)23-15-21(29-8)10-13-27-14-11-21;/h16-17H,9-15H2,1-8H3,(H,22,23)(H,24,26);1H. The van der Waals surface area contributed by atoms with Crippen molar-refractivity contribution >= 4 is 47.8 Å². The minimum absolute atomic E-state index is 0. The summed E-state index contributed by atoms with van der Waals surface area (Å²) in [4.78, 5) is 18.7. The van der Waals surface area contributed by atoms with Crippen molar-refractivity contribution in [3.05, 3.63) is 0 Å². The summed E-state index contributed by atoms with van der Waals surface area (Å²) >= 11 is 1.91. The van der Waals surface area contributed by atoms with Crippen LogP contribution in [0.25, 0.3) is 0 Å². The molecule has 0 aliphatic carbocycles. The zero-order chi connectivity index (χ0) is 22.1. The molecule has 1 atom stereocenters. The van der Waals surface area contributed by atoms with Gasteiger partial charge in [0, 0.05) is 51.2 Å². The second-order valence-electron chi connectivity index (χ2n) is 9.11. The Morgan fingerprint density at radius 2 is 1.90 bits per heavy atom. The molecule has 0 aromatic carbocycles. The molecule has 2 N–H and O–H groups in total. The van der Waals surface area contributed by atoms with Crippen LogP contribution in [-0.2, 0) is 9.47 Å². The molecule has 7 nitrogen and oxygen atoms in total. The number of thioether (sulfide) groups is 1. The largest absolute Gasteiger partial charge is 0.444 e. The molecule has 1 aliphatic heterocycles. The zero-order valence-electron chi connectivity index (χ0n) is 20.0. The molecule has 1 saturated heterocycles. The predicted octanol–water partition coefficient (Wildman–Crippen LogP) is 3.96. The van der Waals surface area contributed by atoms with E-state index < -0.39 is 5.60 Å². The van der Waals surface area contributed by atoms with Crippen LogP contribution in [0.2, 0.25) is 0 Å². The Labute approximate surface area is 204 Å². The first-order chi connectivity index (χ1) is 13.5. The molecule has 0 spiro atoms. The third kappa shape index (κ3) is 10.7. The normalized spacial score (nSPS) is 17.7. The van der Waals surface area contributed by atoms with Gasteiger partial charge in [-0.2, -0.15) is 11.8 Å². The Balaban J connectivity index is 0.00000841. The van der Waals surface area contributed by atoms with Gasteiger partial charge in [0.05, 0.1) is 0 Å². The molecule has 1 unspecified atom stereocenters. The summed E-state index contributed by atoms with van der Waals surface area (Å²) in [5.74, 6) is 1.19. The lowest BCUT2D eigenvalue weighted by Crippen LogP contribution is -2.49. The second-order valence-corrected chi connectivity index (χ2v) is 10.4. The maximum Gasteiger partial charge on any atom is 0.407 e. The highest BCUT2D eigenvalue weighted by Gasteiger charge is 2.32. The Kier molecular flexibility index (Phi) is 13.7. The summed E-state index contributed by atoms with van der Waals surface area (Å²) in [6.45, 7) is 13.2. The fraction of sp³-hybridized carbons (Fsp3) is 0.905. The number of aliphatic imine (C=N–C) groups is 1. The van der Waals surface area contributed by atoms with E-state index in [0.717, 1.165) is 51.5 Å². The van der Waals surface area contributed by atoms with E-state index in [4.69, 9.17) is 9.47 Å². The Bertz CT molecular complexity index is 535. The zero-order valence-corrected chi connectivity index (χ0v) is 23.2. The van der Waals surface area contributed by atoms with Gasteiger partial charge in [-0.25, -0.2) is 4.79 Å². The number of nitrogens with one attached hydrogen (secondary N) is 2. The lowest BCUT2D eigenvalue weighted by molar-refractivity contribution is 0.0485. The summed E-state index contributed by atoms with van der Waals surface area (Å²) in [6.07, 6.45) is 4.74. The number of rotatable bonds is 8. The number of hydrogen-bond acceptors (Lipinski definition) is 5. The third-order valence-corrected chi connectivity index (χ3v) is 6.68. The molecule has 9 heteroatoms. The number of hydrogen-bond donors (Lipinski definition) is 2. The number of guanidine groups is 1. The smallest absolute Gasteiger partial charge is 0.407 e. The van der Waals surface area contributed by atoms with Crippen LogP contribution >= 0.6 is 35.7 Å². The van der Waals surface area contributed by atoms with E-state index in [0.29, 0.717) is 5.92 Å². The van der Waals surface area contributed by atoms with E-state index in [1.807, 2.05) is 46.6 Å². The Morgan fingerprint density at radius 3 is 2.37 bits per heavy atom. The molecule has 1 rings (SSSR count). The molecule has 0 saturated carbocycles. The first-order valence-corrected chi connectivity index (χ1v) is 11.8. The van der Waals surface area contributed by atoms with Crippen LogP contribution < -0.4 is 10.6 Å². The molecule has 30 heavy (non-hydrogen) atoms. The Hall–Kier alpha value is -0.420. The fourth-order valence-electron chi connectivity index (χ4n) is 3.29. The lowest BCUT2D eigenvalue weighted by atomic mass is 9.99. The monoisotopic (exact) mass is 558 g/mol. The average Bonchev–Trinajstić information content (AvgIpc) is 2.64. The number of carbonyl (C=O) groups excluding carboxylic acids is 1. The second kappa shape index (κ2) is 13.9. The van der Waals surface area contributed by atoms with Gasteiger partial charge in [-0.05, 0) is 52.2 Å². The van der Waals surface area contributed by atoms with Gasteiger partial charge in [0.1, 0.15) is 5.60 Å². The number of nitrogens with zero attached hydrogens (tertiary/aromatic N) is 2. The molecule has 1 aliphatic rings. The minimum atomic E-state index is -0.494. The van der Waals surface area contributed by atoms with Crippen molar-refractivity contribution in [1.29, 1.82) is 0 Å². The van der Waals surface area contributed by atoms with Crippen molar-refractivity contribution in [3.63, 3.8) is 0 Å². The van der Waals surface area contributed by atoms with E-state index in [9.17, 15) is 4.79 Å². The number of halogens is 1. The van der Waals surface area contributed by atoms with Crippen LogP contribution in [0.5, 0.6) is 0 Å². The molecular weight excluding hydrogens is 515 g/mol. The number of carbonyl (C=O) groups is 1. The first kappa shape index (κ1) is 29.6. The molecular formula is C21H43IN4O3S. The van der Waals surface area contributed by atoms with Crippen LogP contribution in [0.15, 0.2) is 4.99 Å². The quantitative estimate of drug-likeness (QED) is 0.267. The van der Waals surface area contributed by atoms with Gasteiger partial charge >= 0.3 is 6.09 Å². The average molecular weight is 559 g/mol. The van der Waals surface area contributed by atoms with Crippen LogP contribution in [0.1, 0.15) is 53.9 Å². The highest BCUT2D eigenvalue weighted by molar-refractivity contribution is 14.0. The van der Waals surface area contributed by atoms with Gasteiger partial charge in [-0.15, -0.1) is 24.0 Å². The first-order valence-electron chi connectivity index (χ1n) is 10.6. The molecule has 0 radical (unpaired) electrons. The maximum absolute atomic E-state index is 12.2. The fourth-order valence-corrected chi connectivity index (χ4v) is 4.08. The van der Waals surface area contributed by atoms with Crippen molar-refractivity contribution in [1.82, 2.24) is 15.5 Å². The number of ether oxygens (including phenoxy) is 2. The summed E-state index contributed by atoms with van der Waals surface area (Å²) in [5, 5.41) is 6.56. The van der Waals surface area contributed by atoms with E-state index in [-0.39, 0.29) is 40.9 Å². The molecule has 1 heterocycles. The molecule has 0 aromatic rings. The SMILES string of the molecule is CN=C(NCC1(SC)CCOCC1)N(C)CCC(NC(=O)OC(C)(C)C)C(C)C.I. The third-order valence-electron chi connectivity index (χ3n) is 5.26. The van der Waals surface area contributed by atoms with Gasteiger partial charge in [-0.1, -0.05) is 13.8 Å². The van der Waals surface area contributed by atoms with Crippen LogP contribution in [0, 0.1) is 5.92 Å². The van der Waals surface area contributed by atoms with Crippen LogP contribution in [0.4, 0.5) is 4.79 Å².